The molecule has 0 aliphatic carbocycles. The Morgan fingerprint density at radius 3 is 0.972 bits per heavy atom. The van der Waals surface area contributed by atoms with Crippen LogP contribution in [0.4, 0.5) is 11.4 Å². The molecule has 0 fully saturated rings. The molecule has 0 bridgehead atoms. The van der Waals surface area contributed by atoms with E-state index in [0.717, 1.165) is 0 Å². The summed E-state index contributed by atoms with van der Waals surface area (Å²) in [6.07, 6.45) is 0. The second-order valence-corrected chi connectivity index (χ2v) is 9.70. The van der Waals surface area contributed by atoms with Gasteiger partial charge in [0.1, 0.15) is 0 Å². The first-order valence-corrected chi connectivity index (χ1v) is 12.5. The van der Waals surface area contributed by atoms with Gasteiger partial charge in [-0.3, -0.25) is 0 Å². The van der Waals surface area contributed by atoms with Gasteiger partial charge < -0.3 is 10.2 Å². The third-order valence-electron chi connectivity index (χ3n) is 5.04. The number of nitrogens with zero attached hydrogens (tertiary/aromatic N) is 2. The van der Waals surface area contributed by atoms with Gasteiger partial charge in [-0.15, -0.1) is 0 Å². The monoisotopic (exact) mass is 669 g/mol. The van der Waals surface area contributed by atoms with Crippen LogP contribution in [0.1, 0.15) is 0 Å². The minimum Gasteiger partial charge on any atom is -0.871 e. The van der Waals surface area contributed by atoms with Gasteiger partial charge in [-0.1, -0.05) is 139 Å². The van der Waals surface area contributed by atoms with Crippen LogP contribution in [0, 0.1) is 0 Å². The van der Waals surface area contributed by atoms with Crippen LogP contribution in [0.25, 0.3) is 0 Å². The summed E-state index contributed by atoms with van der Waals surface area (Å²) in [4.78, 5) is 0. The van der Waals surface area contributed by atoms with Gasteiger partial charge in [0.05, 0.1) is 11.4 Å². The minimum atomic E-state index is -0.446. The molecule has 0 N–H and O–H groups in total. The van der Waals surface area contributed by atoms with Gasteiger partial charge in [0.25, 0.3) is 0 Å². The standard InChI is InChI=1S/C18H15P.C12H10N2O2.Pt/c1-4-10-16(11-5-1)19(17-12-6-2-7-13-17)18-14-8-3-9-15-18;15-11-7-3-1-5-9(11)13-14-10-6-2-4-8-12(10)16;/h1-15H;1-8,15-16H;/q;;+2/p-2. The number of para-hydroxylation sites is 2. The first-order chi connectivity index (χ1) is 17.2. The van der Waals surface area contributed by atoms with Crippen LogP contribution in [-0.4, -0.2) is 0 Å². The smallest absolute Gasteiger partial charge is 0.871 e. The summed E-state index contributed by atoms with van der Waals surface area (Å²) in [7, 11) is -0.446. The molecule has 0 aromatic heterocycles. The number of rotatable bonds is 5. The third-order valence-corrected chi connectivity index (χ3v) is 7.48. The van der Waals surface area contributed by atoms with E-state index in [2.05, 4.69) is 101 Å². The maximum absolute atomic E-state index is 11.3. The van der Waals surface area contributed by atoms with Crippen LogP contribution in [0.15, 0.2) is 150 Å². The second-order valence-electron chi connectivity index (χ2n) is 7.48. The largest absolute Gasteiger partial charge is 2.00 e. The third kappa shape index (κ3) is 7.46. The summed E-state index contributed by atoms with van der Waals surface area (Å²) in [6, 6.07) is 44.9. The summed E-state index contributed by atoms with van der Waals surface area (Å²) in [5, 5.41) is 34.3. The van der Waals surface area contributed by atoms with Crippen LogP contribution in [0.2, 0.25) is 0 Å². The maximum Gasteiger partial charge on any atom is 2.00 e. The second kappa shape index (κ2) is 14.1. The zero-order chi connectivity index (χ0) is 24.3. The van der Waals surface area contributed by atoms with Crippen molar-refractivity contribution in [3.63, 3.8) is 0 Å². The Bertz CT molecular complexity index is 1230. The molecule has 4 nitrogen and oxygen atoms in total. The molecule has 0 atom stereocenters. The van der Waals surface area contributed by atoms with E-state index >= 15 is 0 Å². The Hall–Kier alpha value is -3.58. The van der Waals surface area contributed by atoms with E-state index in [1.165, 1.54) is 28.0 Å². The van der Waals surface area contributed by atoms with E-state index in [1.54, 1.807) is 36.4 Å². The van der Waals surface area contributed by atoms with E-state index in [9.17, 15) is 10.2 Å². The van der Waals surface area contributed by atoms with Crippen LogP contribution < -0.4 is 26.1 Å². The Kier molecular flexibility index (Phi) is 10.6. The summed E-state index contributed by atoms with van der Waals surface area (Å²) in [6.45, 7) is 0. The van der Waals surface area contributed by atoms with E-state index in [-0.39, 0.29) is 43.9 Å². The molecular formula is C30H23N2O2PPt. The summed E-state index contributed by atoms with van der Waals surface area (Å²) >= 11 is 0. The molecule has 0 aliphatic heterocycles. The van der Waals surface area contributed by atoms with E-state index < -0.39 is 7.92 Å². The predicted octanol–water partition coefficient (Wildman–Crippen LogP) is 5.69. The Morgan fingerprint density at radius 1 is 0.389 bits per heavy atom. The van der Waals surface area contributed by atoms with Crippen LogP contribution in [-0.2, 0) is 21.1 Å². The molecule has 0 saturated heterocycles. The van der Waals surface area contributed by atoms with Crippen LogP contribution in [0.5, 0.6) is 11.5 Å². The first kappa shape index (κ1) is 27.0. The fraction of sp³-hybridized carbons (Fsp3) is 0. The molecule has 36 heavy (non-hydrogen) atoms. The van der Waals surface area contributed by atoms with Gasteiger partial charge in [-0.25, -0.2) is 0 Å². The number of benzene rings is 5. The average Bonchev–Trinajstić information content (AvgIpc) is 2.92. The molecule has 180 valence electrons. The van der Waals surface area contributed by atoms with Crippen molar-refractivity contribution in [3.05, 3.63) is 140 Å². The van der Waals surface area contributed by atoms with Gasteiger partial charge in [0, 0.05) is 0 Å². The molecule has 6 heteroatoms. The summed E-state index contributed by atoms with van der Waals surface area (Å²) < 4.78 is 0. The molecule has 0 aliphatic rings. The first-order valence-electron chi connectivity index (χ1n) is 11.1. The molecule has 5 aromatic rings. The molecule has 0 amide bonds. The molecule has 5 aromatic carbocycles. The summed E-state index contributed by atoms with van der Waals surface area (Å²) in [5.74, 6) is -0.427. The fourth-order valence-electron chi connectivity index (χ4n) is 3.37. The molecule has 0 unspecified atom stereocenters. The van der Waals surface area contributed by atoms with Gasteiger partial charge in [0.15, 0.2) is 0 Å². The van der Waals surface area contributed by atoms with E-state index in [1.807, 2.05) is 0 Å². The zero-order valence-corrected chi connectivity index (χ0v) is 22.4. The van der Waals surface area contributed by atoms with Gasteiger partial charge in [-0.2, -0.15) is 10.2 Å². The van der Waals surface area contributed by atoms with Gasteiger partial charge in [-0.05, 0) is 36.0 Å². The van der Waals surface area contributed by atoms with Crippen molar-refractivity contribution in [2.75, 3.05) is 0 Å². The average molecular weight is 670 g/mol. The molecule has 5 rings (SSSR count). The van der Waals surface area contributed by atoms with Gasteiger partial charge in [0.2, 0.25) is 0 Å². The zero-order valence-electron chi connectivity index (χ0n) is 19.3. The van der Waals surface area contributed by atoms with Crippen molar-refractivity contribution in [2.24, 2.45) is 10.2 Å². The van der Waals surface area contributed by atoms with Crippen molar-refractivity contribution in [1.29, 1.82) is 0 Å². The number of hydrogen-bond donors (Lipinski definition) is 0. The van der Waals surface area contributed by atoms with Crippen molar-refractivity contribution in [3.8, 4) is 11.5 Å². The van der Waals surface area contributed by atoms with Gasteiger partial charge >= 0.3 is 21.1 Å². The van der Waals surface area contributed by atoms with Crippen LogP contribution in [0.3, 0.4) is 0 Å². The molecule has 0 radical (unpaired) electrons. The fourth-order valence-corrected chi connectivity index (χ4v) is 5.67. The topological polar surface area (TPSA) is 70.8 Å². The SMILES string of the molecule is [O-]c1ccccc1N=Nc1ccccc1[O-].[Pt+2].c1ccc(P(c2ccccc2)c2ccccc2)cc1. The molecule has 0 saturated carbocycles. The van der Waals surface area contributed by atoms with E-state index in [4.69, 9.17) is 0 Å². The van der Waals surface area contributed by atoms with Crippen molar-refractivity contribution in [2.45, 2.75) is 0 Å². The minimum absolute atomic E-state index is 0. The number of hydrogen-bond acceptors (Lipinski definition) is 4. The van der Waals surface area contributed by atoms with Crippen molar-refractivity contribution >= 4 is 35.2 Å². The predicted molar refractivity (Wildman–Crippen MR) is 141 cm³/mol. The number of azo groups is 1. The van der Waals surface area contributed by atoms with Crippen LogP contribution >= 0.6 is 7.92 Å². The Labute approximate surface area is 227 Å². The molecule has 0 heterocycles. The molecular weight excluding hydrogens is 646 g/mol. The van der Waals surface area contributed by atoms with E-state index in [0.29, 0.717) is 0 Å². The summed E-state index contributed by atoms with van der Waals surface area (Å²) in [5.41, 5.74) is 0.455. The Balaban J connectivity index is 0.000000198. The Morgan fingerprint density at radius 2 is 0.667 bits per heavy atom. The maximum atomic E-state index is 11.3. The molecule has 0 spiro atoms. The quantitative estimate of drug-likeness (QED) is 0.178. The van der Waals surface area contributed by atoms with Crippen molar-refractivity contribution < 1.29 is 31.3 Å². The van der Waals surface area contributed by atoms with Crippen molar-refractivity contribution in [1.82, 2.24) is 0 Å². The normalized spacial score (nSPS) is 10.4.